The summed E-state index contributed by atoms with van der Waals surface area (Å²) in [4.78, 5) is 10.5. The molecule has 0 aromatic rings. The third-order valence-corrected chi connectivity index (χ3v) is 4.35. The van der Waals surface area contributed by atoms with Gasteiger partial charge in [-0.1, -0.05) is 0 Å². The molecule has 15 heavy (non-hydrogen) atoms. The number of nitrogens with one attached hydrogen (secondary N) is 1. The molecular formula is C9H18N2O3S. The smallest absolute Gasteiger partial charge is 0.279 e. The minimum Gasteiger partial charge on any atom is -0.303 e. The average molecular weight is 234 g/mol. The molecule has 0 heterocycles. The minimum atomic E-state index is -3.33. The van der Waals surface area contributed by atoms with Crippen molar-refractivity contribution in [1.82, 2.24) is 9.03 Å². The van der Waals surface area contributed by atoms with Gasteiger partial charge in [-0.2, -0.15) is 17.4 Å². The molecule has 0 aromatic carbocycles. The van der Waals surface area contributed by atoms with Gasteiger partial charge in [-0.05, 0) is 25.7 Å². The molecule has 0 aromatic heterocycles. The third kappa shape index (κ3) is 3.55. The largest absolute Gasteiger partial charge is 0.303 e. The number of aldehydes is 1. The lowest BCUT2D eigenvalue weighted by atomic mass is 9.87. The molecule has 0 bridgehead atoms. The van der Waals surface area contributed by atoms with E-state index in [1.54, 1.807) is 0 Å². The fourth-order valence-corrected chi connectivity index (χ4v) is 2.56. The molecular weight excluding hydrogens is 216 g/mol. The van der Waals surface area contributed by atoms with Gasteiger partial charge in [-0.3, -0.25) is 0 Å². The van der Waals surface area contributed by atoms with Crippen LogP contribution in [0.5, 0.6) is 0 Å². The van der Waals surface area contributed by atoms with E-state index in [1.165, 1.54) is 18.4 Å². The van der Waals surface area contributed by atoms with Gasteiger partial charge >= 0.3 is 0 Å². The van der Waals surface area contributed by atoms with Crippen LogP contribution in [0.3, 0.4) is 0 Å². The van der Waals surface area contributed by atoms with Gasteiger partial charge in [-0.15, -0.1) is 0 Å². The molecule has 0 radical (unpaired) electrons. The Morgan fingerprint density at radius 2 is 1.73 bits per heavy atom. The first-order valence-corrected chi connectivity index (χ1v) is 6.55. The van der Waals surface area contributed by atoms with Gasteiger partial charge in [0.2, 0.25) is 0 Å². The summed E-state index contributed by atoms with van der Waals surface area (Å²) in [5.41, 5.74) is 0. The summed E-state index contributed by atoms with van der Waals surface area (Å²) in [5.74, 6) is 0.116. The first-order chi connectivity index (χ1) is 6.95. The van der Waals surface area contributed by atoms with Gasteiger partial charge in [0.15, 0.2) is 0 Å². The van der Waals surface area contributed by atoms with Crippen LogP contribution in [0.4, 0.5) is 0 Å². The van der Waals surface area contributed by atoms with Gasteiger partial charge in [-0.25, -0.2) is 0 Å². The standard InChI is InChI=1S/C9H18N2O3S/c1-11(2)15(13,14)10-9-5-3-8(7-12)4-6-9/h7-10H,3-6H2,1-2H3/t8-,9-. The lowest BCUT2D eigenvalue weighted by molar-refractivity contribution is -0.111. The van der Waals surface area contributed by atoms with Crippen molar-refractivity contribution in [3.05, 3.63) is 0 Å². The molecule has 6 heteroatoms. The van der Waals surface area contributed by atoms with Gasteiger partial charge in [0, 0.05) is 26.1 Å². The second kappa shape index (κ2) is 5.05. The van der Waals surface area contributed by atoms with E-state index in [0.717, 1.165) is 32.0 Å². The van der Waals surface area contributed by atoms with E-state index in [1.807, 2.05) is 0 Å². The predicted molar refractivity (Wildman–Crippen MR) is 57.6 cm³/mol. The Balaban J connectivity index is 2.46. The van der Waals surface area contributed by atoms with Crippen LogP contribution in [0.1, 0.15) is 25.7 Å². The van der Waals surface area contributed by atoms with E-state index in [4.69, 9.17) is 0 Å². The van der Waals surface area contributed by atoms with Gasteiger partial charge < -0.3 is 4.79 Å². The van der Waals surface area contributed by atoms with E-state index < -0.39 is 10.2 Å². The summed E-state index contributed by atoms with van der Waals surface area (Å²) >= 11 is 0. The van der Waals surface area contributed by atoms with Crippen LogP contribution in [0.25, 0.3) is 0 Å². The fraction of sp³-hybridized carbons (Fsp3) is 0.889. The monoisotopic (exact) mass is 234 g/mol. The Morgan fingerprint density at radius 1 is 1.20 bits per heavy atom. The zero-order valence-electron chi connectivity index (χ0n) is 9.14. The third-order valence-electron chi connectivity index (χ3n) is 2.76. The number of nitrogens with zero attached hydrogens (tertiary/aromatic N) is 1. The quantitative estimate of drug-likeness (QED) is 0.704. The Labute approximate surface area is 91.0 Å². The first kappa shape index (κ1) is 12.6. The van der Waals surface area contributed by atoms with E-state index in [-0.39, 0.29) is 12.0 Å². The Morgan fingerprint density at radius 3 is 2.13 bits per heavy atom. The lowest BCUT2D eigenvalue weighted by Gasteiger charge is -2.27. The number of hydrogen-bond donors (Lipinski definition) is 1. The van der Waals surface area contributed by atoms with Crippen molar-refractivity contribution in [3.63, 3.8) is 0 Å². The number of carbonyl (C=O) groups excluding carboxylic acids is 1. The van der Waals surface area contributed by atoms with Crippen molar-refractivity contribution < 1.29 is 13.2 Å². The first-order valence-electron chi connectivity index (χ1n) is 5.11. The Bertz CT molecular complexity index is 305. The van der Waals surface area contributed by atoms with Gasteiger partial charge in [0.05, 0.1) is 0 Å². The molecule has 1 N–H and O–H groups in total. The van der Waals surface area contributed by atoms with Gasteiger partial charge in [0.25, 0.3) is 10.2 Å². The fourth-order valence-electron chi connectivity index (χ4n) is 1.69. The molecule has 0 unspecified atom stereocenters. The molecule has 1 aliphatic rings. The summed E-state index contributed by atoms with van der Waals surface area (Å²) in [7, 11) is -0.328. The van der Waals surface area contributed by atoms with Crippen LogP contribution < -0.4 is 4.72 Å². The molecule has 1 fully saturated rings. The zero-order chi connectivity index (χ0) is 11.5. The van der Waals surface area contributed by atoms with Crippen LogP contribution in [-0.4, -0.2) is 39.1 Å². The van der Waals surface area contributed by atoms with Crippen molar-refractivity contribution in [1.29, 1.82) is 0 Å². The highest BCUT2D eigenvalue weighted by Crippen LogP contribution is 2.23. The molecule has 0 spiro atoms. The van der Waals surface area contributed by atoms with Crippen molar-refractivity contribution >= 4 is 16.5 Å². The summed E-state index contributed by atoms with van der Waals surface area (Å²) < 4.78 is 26.8. The van der Waals surface area contributed by atoms with E-state index in [9.17, 15) is 13.2 Å². The zero-order valence-corrected chi connectivity index (χ0v) is 9.96. The topological polar surface area (TPSA) is 66.5 Å². The molecule has 5 nitrogen and oxygen atoms in total. The maximum absolute atomic E-state index is 11.5. The van der Waals surface area contributed by atoms with Crippen molar-refractivity contribution in [3.8, 4) is 0 Å². The van der Waals surface area contributed by atoms with Crippen LogP contribution in [0.2, 0.25) is 0 Å². The molecule has 0 saturated heterocycles. The van der Waals surface area contributed by atoms with Crippen LogP contribution in [0, 0.1) is 5.92 Å². The highest BCUT2D eigenvalue weighted by atomic mass is 32.2. The molecule has 88 valence electrons. The minimum absolute atomic E-state index is 0.0198. The molecule has 0 atom stereocenters. The normalized spacial score (nSPS) is 27.9. The molecule has 0 amide bonds. The summed E-state index contributed by atoms with van der Waals surface area (Å²) in [6.45, 7) is 0. The molecule has 1 rings (SSSR count). The van der Waals surface area contributed by atoms with Crippen LogP contribution >= 0.6 is 0 Å². The maximum Gasteiger partial charge on any atom is 0.279 e. The van der Waals surface area contributed by atoms with Gasteiger partial charge in [0.1, 0.15) is 6.29 Å². The van der Waals surface area contributed by atoms with Crippen molar-refractivity contribution in [2.45, 2.75) is 31.7 Å². The second-order valence-electron chi connectivity index (χ2n) is 4.15. The second-order valence-corrected chi connectivity index (χ2v) is 6.07. The maximum atomic E-state index is 11.5. The SMILES string of the molecule is CN(C)S(=O)(=O)N[C@H]1CC[C@H](C=O)CC1. The highest BCUT2D eigenvalue weighted by molar-refractivity contribution is 7.87. The van der Waals surface area contributed by atoms with E-state index in [2.05, 4.69) is 4.72 Å². The van der Waals surface area contributed by atoms with E-state index >= 15 is 0 Å². The number of hydrogen-bond acceptors (Lipinski definition) is 3. The summed E-state index contributed by atoms with van der Waals surface area (Å²) in [6, 6.07) is -0.0198. The van der Waals surface area contributed by atoms with Crippen molar-refractivity contribution in [2.75, 3.05) is 14.1 Å². The highest BCUT2D eigenvalue weighted by Gasteiger charge is 2.25. The molecule has 1 saturated carbocycles. The predicted octanol–water partition coefficient (Wildman–Crippen LogP) is 0.140. The lowest BCUT2D eigenvalue weighted by Crippen LogP contribution is -2.43. The summed E-state index contributed by atoms with van der Waals surface area (Å²) in [6.07, 6.45) is 4.03. The molecule has 1 aliphatic carbocycles. The summed E-state index contributed by atoms with van der Waals surface area (Å²) in [5, 5.41) is 0. The van der Waals surface area contributed by atoms with Crippen LogP contribution in [0.15, 0.2) is 0 Å². The van der Waals surface area contributed by atoms with E-state index in [0.29, 0.717) is 0 Å². The van der Waals surface area contributed by atoms with Crippen molar-refractivity contribution in [2.24, 2.45) is 5.92 Å². The molecule has 0 aliphatic heterocycles. The Hall–Kier alpha value is -0.460. The average Bonchev–Trinajstić information content (AvgIpc) is 2.18. The number of carbonyl (C=O) groups is 1. The van der Waals surface area contributed by atoms with Crippen LogP contribution in [-0.2, 0) is 15.0 Å². The number of rotatable bonds is 4. The Kier molecular flexibility index (Phi) is 4.24.